The van der Waals surface area contributed by atoms with Crippen LogP contribution in [0, 0.1) is 0 Å². The van der Waals surface area contributed by atoms with Crippen LogP contribution in [0.3, 0.4) is 0 Å². The molecular formula is C21H20N2O3. The summed E-state index contributed by atoms with van der Waals surface area (Å²) in [4.78, 5) is 16.2. The van der Waals surface area contributed by atoms with Crippen molar-refractivity contribution in [3.63, 3.8) is 0 Å². The van der Waals surface area contributed by atoms with Gasteiger partial charge in [0.1, 0.15) is 12.4 Å². The van der Waals surface area contributed by atoms with Crippen molar-refractivity contribution in [3.8, 4) is 5.75 Å². The number of phenols is 1. The minimum Gasteiger partial charge on any atom is -0.507 e. The van der Waals surface area contributed by atoms with Crippen molar-refractivity contribution in [3.05, 3.63) is 71.1 Å². The van der Waals surface area contributed by atoms with Gasteiger partial charge in [-0.1, -0.05) is 49.1 Å². The first-order valence-corrected chi connectivity index (χ1v) is 8.35. The highest BCUT2D eigenvalue weighted by Gasteiger charge is 2.11. The van der Waals surface area contributed by atoms with Crippen LogP contribution >= 0.6 is 0 Å². The van der Waals surface area contributed by atoms with Crippen molar-refractivity contribution in [2.24, 2.45) is 4.99 Å². The second kappa shape index (κ2) is 8.16. The Balaban J connectivity index is 1.63. The van der Waals surface area contributed by atoms with Crippen LogP contribution in [0.15, 0.2) is 60.1 Å². The summed E-state index contributed by atoms with van der Waals surface area (Å²) in [6.45, 7) is 4.34. The van der Waals surface area contributed by atoms with Crippen LogP contribution in [-0.4, -0.2) is 24.0 Å². The fourth-order valence-corrected chi connectivity index (χ4v) is 2.80. The molecule has 2 aromatic rings. The molecule has 0 saturated heterocycles. The lowest BCUT2D eigenvalue weighted by Crippen LogP contribution is -2.29. The zero-order chi connectivity index (χ0) is 18.4. The Morgan fingerprint density at radius 2 is 2.04 bits per heavy atom. The van der Waals surface area contributed by atoms with Crippen LogP contribution in [0.4, 0.5) is 10.5 Å². The number of alkyl carbamates (subject to hydrolysis) is 1. The third-order valence-electron chi connectivity index (χ3n) is 4.04. The number of hydrogen-bond acceptors (Lipinski definition) is 4. The lowest BCUT2D eigenvalue weighted by atomic mass is 10.1. The number of carbonyl (C=O) groups is 1. The minimum absolute atomic E-state index is 0.182. The molecule has 0 spiro atoms. The monoisotopic (exact) mass is 348 g/mol. The first-order valence-electron chi connectivity index (χ1n) is 8.35. The third-order valence-corrected chi connectivity index (χ3v) is 4.04. The lowest BCUT2D eigenvalue weighted by Gasteiger charge is -2.07. The molecule has 0 saturated carbocycles. The molecule has 0 fully saturated rings. The van der Waals surface area contributed by atoms with E-state index >= 15 is 0 Å². The summed E-state index contributed by atoms with van der Waals surface area (Å²) < 4.78 is 5.19. The minimum atomic E-state index is -0.460. The molecule has 26 heavy (non-hydrogen) atoms. The van der Waals surface area contributed by atoms with Crippen LogP contribution < -0.4 is 15.8 Å². The highest BCUT2D eigenvalue weighted by Crippen LogP contribution is 2.15. The van der Waals surface area contributed by atoms with E-state index < -0.39 is 6.09 Å². The van der Waals surface area contributed by atoms with E-state index in [2.05, 4.69) is 16.9 Å². The van der Waals surface area contributed by atoms with Gasteiger partial charge in [0.2, 0.25) is 0 Å². The van der Waals surface area contributed by atoms with E-state index in [1.807, 2.05) is 30.3 Å². The zero-order valence-corrected chi connectivity index (χ0v) is 14.3. The second-order valence-electron chi connectivity index (χ2n) is 5.82. The fourth-order valence-electron chi connectivity index (χ4n) is 2.80. The fraction of sp³-hybridized carbons (Fsp3) is 0.143. The molecule has 1 amide bonds. The molecule has 0 aromatic heterocycles. The molecule has 1 aliphatic heterocycles. The number of rotatable bonds is 6. The molecule has 132 valence electrons. The maximum Gasteiger partial charge on any atom is 0.407 e. The molecule has 5 heteroatoms. The summed E-state index contributed by atoms with van der Waals surface area (Å²) in [6, 6.07) is 12.9. The topological polar surface area (TPSA) is 70.9 Å². The molecular weight excluding hydrogens is 328 g/mol. The molecule has 5 nitrogen and oxygen atoms in total. The standard InChI is InChI=1S/C21H20N2O3/c1-2-6-17-19(24)10-9-18-20(17)16(13-23-18)11-12-22-21(25)26-14-15-7-4-3-5-8-15/h2-10,13,24H,1,11-12,14H2,(H,22,25)/b17-6+. The molecule has 3 rings (SSSR count). The number of ether oxygens (including phenoxy) is 1. The Bertz CT molecular complexity index is 963. The Labute approximate surface area is 151 Å². The van der Waals surface area contributed by atoms with Crippen LogP contribution in [0.2, 0.25) is 0 Å². The number of aliphatic imine (C=N–C) groups is 1. The highest BCUT2D eigenvalue weighted by molar-refractivity contribution is 6.07. The highest BCUT2D eigenvalue weighted by atomic mass is 16.5. The van der Waals surface area contributed by atoms with E-state index in [9.17, 15) is 9.90 Å². The molecule has 1 aliphatic rings. The van der Waals surface area contributed by atoms with Gasteiger partial charge in [0, 0.05) is 23.2 Å². The maximum atomic E-state index is 11.8. The average molecular weight is 348 g/mol. The van der Waals surface area contributed by atoms with Crippen LogP contribution in [0.25, 0.3) is 11.6 Å². The summed E-state index contributed by atoms with van der Waals surface area (Å²) in [5.74, 6) is 0.182. The van der Waals surface area contributed by atoms with Gasteiger partial charge in [-0.25, -0.2) is 4.79 Å². The number of hydrogen-bond donors (Lipinski definition) is 2. The van der Waals surface area contributed by atoms with Gasteiger partial charge >= 0.3 is 6.09 Å². The van der Waals surface area contributed by atoms with Crippen molar-refractivity contribution in [1.29, 1.82) is 0 Å². The first-order chi connectivity index (χ1) is 12.7. The van der Waals surface area contributed by atoms with E-state index in [-0.39, 0.29) is 12.4 Å². The van der Waals surface area contributed by atoms with Crippen LogP contribution in [-0.2, 0) is 11.3 Å². The number of benzene rings is 2. The zero-order valence-electron chi connectivity index (χ0n) is 14.3. The van der Waals surface area contributed by atoms with E-state index in [1.54, 1.807) is 30.5 Å². The predicted molar refractivity (Wildman–Crippen MR) is 103 cm³/mol. The molecule has 0 atom stereocenters. The summed E-state index contributed by atoms with van der Waals surface area (Å²) >= 11 is 0. The first kappa shape index (κ1) is 17.5. The number of allylic oxidation sites excluding steroid dienone is 1. The third kappa shape index (κ3) is 4.00. The molecule has 1 heterocycles. The van der Waals surface area contributed by atoms with Gasteiger partial charge in [0.25, 0.3) is 0 Å². The van der Waals surface area contributed by atoms with Gasteiger partial charge in [-0.2, -0.15) is 0 Å². The molecule has 2 aromatic carbocycles. The van der Waals surface area contributed by atoms with Crippen molar-refractivity contribution in [2.75, 3.05) is 6.54 Å². The van der Waals surface area contributed by atoms with E-state index in [0.29, 0.717) is 18.2 Å². The number of amides is 1. The van der Waals surface area contributed by atoms with E-state index in [0.717, 1.165) is 22.0 Å². The van der Waals surface area contributed by atoms with Gasteiger partial charge in [-0.05, 0) is 29.7 Å². The number of fused-ring (bicyclic) bond motifs is 1. The predicted octanol–water partition coefficient (Wildman–Crippen LogP) is 2.54. The average Bonchev–Trinajstić information content (AvgIpc) is 3.07. The Morgan fingerprint density at radius 3 is 2.81 bits per heavy atom. The second-order valence-corrected chi connectivity index (χ2v) is 5.82. The summed E-state index contributed by atoms with van der Waals surface area (Å²) in [5.41, 5.74) is 2.69. The Morgan fingerprint density at radius 1 is 1.23 bits per heavy atom. The summed E-state index contributed by atoms with van der Waals surface area (Å²) in [6.07, 6.45) is 5.27. The Hall–Kier alpha value is -3.34. The van der Waals surface area contributed by atoms with Crippen molar-refractivity contribution >= 4 is 29.6 Å². The quantitative estimate of drug-likeness (QED) is 0.843. The molecule has 2 N–H and O–H groups in total. The van der Waals surface area contributed by atoms with Crippen molar-refractivity contribution < 1.29 is 14.6 Å². The molecule has 0 aliphatic carbocycles. The van der Waals surface area contributed by atoms with E-state index in [4.69, 9.17) is 4.74 Å². The van der Waals surface area contributed by atoms with Gasteiger partial charge in [0.15, 0.2) is 0 Å². The summed E-state index contributed by atoms with van der Waals surface area (Å²) in [7, 11) is 0. The number of aromatic hydroxyl groups is 1. The van der Waals surface area contributed by atoms with E-state index in [1.165, 1.54) is 0 Å². The van der Waals surface area contributed by atoms with Crippen LogP contribution in [0.5, 0.6) is 5.75 Å². The van der Waals surface area contributed by atoms with Gasteiger partial charge < -0.3 is 15.2 Å². The largest absolute Gasteiger partial charge is 0.507 e. The van der Waals surface area contributed by atoms with Crippen molar-refractivity contribution in [2.45, 2.75) is 13.0 Å². The lowest BCUT2D eigenvalue weighted by molar-refractivity contribution is 0.140. The number of carbonyl (C=O) groups excluding carboxylic acids is 1. The Kier molecular flexibility index (Phi) is 5.49. The normalized spacial score (nSPS) is 12.8. The molecule has 0 unspecified atom stereocenters. The van der Waals surface area contributed by atoms with Gasteiger partial charge in [0.05, 0.1) is 5.69 Å². The van der Waals surface area contributed by atoms with Gasteiger partial charge in [-0.15, -0.1) is 0 Å². The SMILES string of the molecule is C=C/C=c1\c(O)ccc2c1=C(CCNC(=O)OCc1ccccc1)C=N2. The summed E-state index contributed by atoms with van der Waals surface area (Å²) in [5, 5.41) is 14.4. The van der Waals surface area contributed by atoms with Gasteiger partial charge in [-0.3, -0.25) is 4.99 Å². The maximum absolute atomic E-state index is 11.8. The number of phenolic OH excluding ortho intramolecular Hbond substituents is 1. The van der Waals surface area contributed by atoms with Crippen LogP contribution in [0.1, 0.15) is 12.0 Å². The van der Waals surface area contributed by atoms with Crippen molar-refractivity contribution in [1.82, 2.24) is 5.32 Å². The number of nitrogens with one attached hydrogen (secondary N) is 1. The number of nitrogens with zero attached hydrogens (tertiary/aromatic N) is 1. The molecule has 0 bridgehead atoms. The molecule has 0 radical (unpaired) electrons. The smallest absolute Gasteiger partial charge is 0.407 e.